The van der Waals surface area contributed by atoms with Gasteiger partial charge in [0.1, 0.15) is 5.78 Å². The van der Waals surface area contributed by atoms with E-state index >= 15 is 0 Å². The van der Waals surface area contributed by atoms with E-state index in [1.54, 1.807) is 6.92 Å². The van der Waals surface area contributed by atoms with E-state index < -0.39 is 0 Å². The predicted octanol–water partition coefficient (Wildman–Crippen LogP) is 2.56. The van der Waals surface area contributed by atoms with E-state index in [1.807, 2.05) is 20.9 Å². The summed E-state index contributed by atoms with van der Waals surface area (Å²) >= 11 is 0. The first-order chi connectivity index (χ1) is 8.68. The quantitative estimate of drug-likeness (QED) is 0.628. The fraction of sp³-hybridized carbons (Fsp3) is 0.933. The summed E-state index contributed by atoms with van der Waals surface area (Å²) in [5, 5.41) is 3.13. The lowest BCUT2D eigenvalue weighted by Gasteiger charge is -2.29. The summed E-state index contributed by atoms with van der Waals surface area (Å²) in [6.45, 7) is 12.0. The Morgan fingerprint density at radius 2 is 1.53 bits per heavy atom. The Hall–Kier alpha value is -0.450. The number of rotatable bonds is 11. The molecule has 0 rings (SSSR count). The normalized spacial score (nSPS) is 12.7. The summed E-state index contributed by atoms with van der Waals surface area (Å²) in [7, 11) is 1.95. The SMILES string of the molecule is CNCCC(C)(C)OCCC(C)(C)OCCC(C)=O. The van der Waals surface area contributed by atoms with Gasteiger partial charge in [-0.05, 0) is 61.1 Å². The summed E-state index contributed by atoms with van der Waals surface area (Å²) < 4.78 is 11.6. The van der Waals surface area contributed by atoms with Gasteiger partial charge in [0.05, 0.1) is 24.4 Å². The molecule has 0 saturated carbocycles. The van der Waals surface area contributed by atoms with Crippen molar-refractivity contribution in [2.75, 3.05) is 26.8 Å². The van der Waals surface area contributed by atoms with Gasteiger partial charge >= 0.3 is 0 Å². The number of carbonyl (C=O) groups excluding carboxylic acids is 1. The molecule has 4 heteroatoms. The Balaban J connectivity index is 3.86. The monoisotopic (exact) mass is 273 g/mol. The first kappa shape index (κ1) is 18.6. The molecular formula is C15H31NO3. The van der Waals surface area contributed by atoms with Crippen molar-refractivity contribution in [1.29, 1.82) is 0 Å². The van der Waals surface area contributed by atoms with E-state index in [0.29, 0.717) is 19.6 Å². The lowest BCUT2D eigenvalue weighted by molar-refractivity contribution is -0.120. The standard InChI is InChI=1S/C15H31NO3/c1-13(17)7-11-18-15(4,5)9-12-19-14(2,3)8-10-16-6/h16H,7-12H2,1-6H3. The first-order valence-electron chi connectivity index (χ1n) is 7.10. The molecule has 4 nitrogen and oxygen atoms in total. The van der Waals surface area contributed by atoms with Crippen molar-refractivity contribution in [1.82, 2.24) is 5.32 Å². The lowest BCUT2D eigenvalue weighted by Crippen LogP contribution is -2.33. The average Bonchev–Trinajstić information content (AvgIpc) is 2.25. The summed E-state index contributed by atoms with van der Waals surface area (Å²) in [6.07, 6.45) is 2.29. The summed E-state index contributed by atoms with van der Waals surface area (Å²) in [6, 6.07) is 0. The molecule has 0 bridgehead atoms. The molecule has 0 aliphatic heterocycles. The second-order valence-corrected chi connectivity index (χ2v) is 6.27. The molecule has 0 aliphatic carbocycles. The second-order valence-electron chi connectivity index (χ2n) is 6.27. The fourth-order valence-corrected chi connectivity index (χ4v) is 1.61. The van der Waals surface area contributed by atoms with Crippen LogP contribution in [0.3, 0.4) is 0 Å². The zero-order chi connectivity index (χ0) is 14.9. The van der Waals surface area contributed by atoms with Crippen LogP contribution in [0, 0.1) is 0 Å². The minimum atomic E-state index is -0.242. The molecule has 1 N–H and O–H groups in total. The Bertz CT molecular complexity index is 262. The summed E-state index contributed by atoms with van der Waals surface area (Å²) in [5.74, 6) is 0.167. The number of ketones is 1. The van der Waals surface area contributed by atoms with Crippen molar-refractivity contribution in [2.24, 2.45) is 0 Å². The number of hydrogen-bond donors (Lipinski definition) is 1. The van der Waals surface area contributed by atoms with Gasteiger partial charge in [0.2, 0.25) is 0 Å². The van der Waals surface area contributed by atoms with Crippen LogP contribution in [-0.4, -0.2) is 43.8 Å². The molecule has 0 amide bonds. The number of Topliss-reactive ketones (excluding diaryl/α,β-unsaturated/α-hetero) is 1. The molecule has 0 spiro atoms. The van der Waals surface area contributed by atoms with E-state index in [2.05, 4.69) is 19.2 Å². The molecule has 0 aromatic heterocycles. The van der Waals surface area contributed by atoms with Crippen molar-refractivity contribution >= 4 is 5.78 Å². The second kappa shape index (κ2) is 8.67. The van der Waals surface area contributed by atoms with Gasteiger partial charge in [0.25, 0.3) is 0 Å². The molecule has 0 saturated heterocycles. The molecule has 0 aromatic rings. The molecule has 19 heavy (non-hydrogen) atoms. The van der Waals surface area contributed by atoms with Gasteiger partial charge in [-0.15, -0.1) is 0 Å². The zero-order valence-electron chi connectivity index (χ0n) is 13.5. The maximum Gasteiger partial charge on any atom is 0.132 e. The number of hydrogen-bond acceptors (Lipinski definition) is 4. The van der Waals surface area contributed by atoms with E-state index in [4.69, 9.17) is 9.47 Å². The zero-order valence-corrected chi connectivity index (χ0v) is 13.5. The highest BCUT2D eigenvalue weighted by Crippen LogP contribution is 2.19. The highest BCUT2D eigenvalue weighted by molar-refractivity contribution is 5.75. The third-order valence-electron chi connectivity index (χ3n) is 3.12. The molecule has 0 heterocycles. The smallest absolute Gasteiger partial charge is 0.132 e. The van der Waals surface area contributed by atoms with Crippen LogP contribution < -0.4 is 5.32 Å². The van der Waals surface area contributed by atoms with Crippen molar-refractivity contribution in [3.05, 3.63) is 0 Å². The third kappa shape index (κ3) is 11.1. The first-order valence-corrected chi connectivity index (χ1v) is 7.10. The van der Waals surface area contributed by atoms with E-state index in [-0.39, 0.29) is 17.0 Å². The van der Waals surface area contributed by atoms with Gasteiger partial charge in [0, 0.05) is 6.42 Å². The van der Waals surface area contributed by atoms with E-state index in [0.717, 1.165) is 19.4 Å². The van der Waals surface area contributed by atoms with E-state index in [9.17, 15) is 4.79 Å². The Morgan fingerprint density at radius 3 is 2.05 bits per heavy atom. The number of carbonyl (C=O) groups is 1. The summed E-state index contributed by atoms with van der Waals surface area (Å²) in [5.41, 5.74) is -0.354. The van der Waals surface area contributed by atoms with Crippen LogP contribution in [0.25, 0.3) is 0 Å². The minimum absolute atomic E-state index is 0.113. The minimum Gasteiger partial charge on any atom is -0.375 e. The molecule has 114 valence electrons. The van der Waals surface area contributed by atoms with Crippen molar-refractivity contribution in [3.8, 4) is 0 Å². The molecule has 0 aliphatic rings. The van der Waals surface area contributed by atoms with Crippen LogP contribution in [0.1, 0.15) is 53.9 Å². The topological polar surface area (TPSA) is 47.6 Å². The highest BCUT2D eigenvalue weighted by atomic mass is 16.5. The molecule has 0 atom stereocenters. The van der Waals surface area contributed by atoms with E-state index in [1.165, 1.54) is 0 Å². The maximum absolute atomic E-state index is 10.9. The van der Waals surface area contributed by atoms with Crippen LogP contribution in [0.5, 0.6) is 0 Å². The largest absolute Gasteiger partial charge is 0.375 e. The Morgan fingerprint density at radius 1 is 1.00 bits per heavy atom. The van der Waals surface area contributed by atoms with Crippen LogP contribution >= 0.6 is 0 Å². The van der Waals surface area contributed by atoms with Gasteiger partial charge < -0.3 is 14.8 Å². The molecule has 0 radical (unpaired) electrons. The number of ether oxygens (including phenoxy) is 2. The summed E-state index contributed by atoms with van der Waals surface area (Å²) in [4.78, 5) is 10.9. The third-order valence-corrected chi connectivity index (χ3v) is 3.12. The number of nitrogens with one attached hydrogen (secondary N) is 1. The van der Waals surface area contributed by atoms with Gasteiger partial charge in [-0.1, -0.05) is 0 Å². The van der Waals surface area contributed by atoms with Crippen molar-refractivity contribution < 1.29 is 14.3 Å². The maximum atomic E-state index is 10.9. The molecule has 0 unspecified atom stereocenters. The van der Waals surface area contributed by atoms with Crippen LogP contribution in [0.4, 0.5) is 0 Å². The lowest BCUT2D eigenvalue weighted by atomic mass is 10.0. The van der Waals surface area contributed by atoms with Crippen molar-refractivity contribution in [2.45, 2.75) is 65.1 Å². The Labute approximate surface area is 118 Å². The predicted molar refractivity (Wildman–Crippen MR) is 78.5 cm³/mol. The molecule has 0 fully saturated rings. The Kier molecular flexibility index (Phi) is 8.46. The molecule has 0 aromatic carbocycles. The van der Waals surface area contributed by atoms with Gasteiger partial charge in [-0.25, -0.2) is 0 Å². The fourth-order valence-electron chi connectivity index (χ4n) is 1.61. The van der Waals surface area contributed by atoms with Crippen LogP contribution in [0.15, 0.2) is 0 Å². The highest BCUT2D eigenvalue weighted by Gasteiger charge is 2.22. The van der Waals surface area contributed by atoms with Gasteiger partial charge in [-0.2, -0.15) is 0 Å². The van der Waals surface area contributed by atoms with Gasteiger partial charge in [-0.3, -0.25) is 4.79 Å². The average molecular weight is 273 g/mol. The van der Waals surface area contributed by atoms with Crippen LogP contribution in [0.2, 0.25) is 0 Å². The van der Waals surface area contributed by atoms with Gasteiger partial charge in [0.15, 0.2) is 0 Å². The molecular weight excluding hydrogens is 242 g/mol. The van der Waals surface area contributed by atoms with Crippen LogP contribution in [-0.2, 0) is 14.3 Å². The van der Waals surface area contributed by atoms with Crippen molar-refractivity contribution in [3.63, 3.8) is 0 Å².